The van der Waals surface area contributed by atoms with Crippen LogP contribution in [0.25, 0.3) is 32.5 Å². The summed E-state index contributed by atoms with van der Waals surface area (Å²) >= 11 is 1.38. The molecule has 1 unspecified atom stereocenters. The van der Waals surface area contributed by atoms with Crippen LogP contribution in [0.1, 0.15) is 12.5 Å². The number of nitrogens with zero attached hydrogens (tertiary/aromatic N) is 1. The molecule has 1 atom stereocenters. The van der Waals surface area contributed by atoms with E-state index in [1.54, 1.807) is 62.6 Å². The Balaban J connectivity index is 1.48. The van der Waals surface area contributed by atoms with Crippen molar-refractivity contribution in [3.05, 3.63) is 82.5 Å². The molecule has 8 heteroatoms. The number of anilines is 1. The number of aromatic nitrogens is 1. The summed E-state index contributed by atoms with van der Waals surface area (Å²) in [5.74, 6) is 0.454. The number of para-hydroxylation sites is 1. The summed E-state index contributed by atoms with van der Waals surface area (Å²) in [5, 5.41) is 3.63. The van der Waals surface area contributed by atoms with E-state index in [0.717, 1.165) is 15.8 Å². The van der Waals surface area contributed by atoms with E-state index in [4.69, 9.17) is 13.9 Å². The summed E-state index contributed by atoms with van der Waals surface area (Å²) in [5.41, 5.74) is 2.62. The van der Waals surface area contributed by atoms with Crippen LogP contribution in [0, 0.1) is 6.92 Å². The van der Waals surface area contributed by atoms with E-state index in [9.17, 15) is 9.59 Å². The lowest BCUT2D eigenvalue weighted by Crippen LogP contribution is -2.31. The number of aryl methyl sites for hydroxylation is 1. The molecule has 176 valence electrons. The molecule has 0 fully saturated rings. The molecule has 0 spiro atoms. The number of hydrogen-bond donors (Lipinski definition) is 1. The smallest absolute Gasteiger partial charge is 0.266 e. The highest BCUT2D eigenvalue weighted by Gasteiger charge is 2.24. The lowest BCUT2D eigenvalue weighted by Gasteiger charge is -2.16. The van der Waals surface area contributed by atoms with E-state index < -0.39 is 12.0 Å². The fourth-order valence-corrected chi connectivity index (χ4v) is 4.65. The van der Waals surface area contributed by atoms with Crippen molar-refractivity contribution in [2.24, 2.45) is 0 Å². The maximum Gasteiger partial charge on any atom is 0.266 e. The van der Waals surface area contributed by atoms with Crippen LogP contribution in [0.4, 0.5) is 5.13 Å². The van der Waals surface area contributed by atoms with Gasteiger partial charge in [-0.2, -0.15) is 0 Å². The van der Waals surface area contributed by atoms with Gasteiger partial charge >= 0.3 is 0 Å². The Labute approximate surface area is 204 Å². The monoisotopic (exact) mass is 486 g/mol. The zero-order valence-corrected chi connectivity index (χ0v) is 20.1. The second-order valence-electron chi connectivity index (χ2n) is 8.05. The van der Waals surface area contributed by atoms with Gasteiger partial charge < -0.3 is 13.9 Å². The van der Waals surface area contributed by atoms with Crippen molar-refractivity contribution >= 4 is 43.6 Å². The van der Waals surface area contributed by atoms with Crippen LogP contribution < -0.4 is 20.2 Å². The number of hydrogen-bond acceptors (Lipinski definition) is 7. The second-order valence-corrected chi connectivity index (χ2v) is 9.08. The van der Waals surface area contributed by atoms with Crippen LogP contribution in [0.15, 0.2) is 75.9 Å². The molecule has 0 aliphatic heterocycles. The minimum absolute atomic E-state index is 0.0311. The summed E-state index contributed by atoms with van der Waals surface area (Å²) in [6.07, 6.45) is -0.982. The van der Waals surface area contributed by atoms with Gasteiger partial charge in [-0.3, -0.25) is 14.9 Å². The first-order valence-corrected chi connectivity index (χ1v) is 11.8. The van der Waals surface area contributed by atoms with Gasteiger partial charge in [-0.15, -0.1) is 0 Å². The maximum atomic E-state index is 13.4. The Morgan fingerprint density at radius 3 is 2.63 bits per heavy atom. The Hall–Kier alpha value is -4.17. The molecule has 0 bridgehead atoms. The number of thiazole rings is 1. The average molecular weight is 487 g/mol. The van der Waals surface area contributed by atoms with Gasteiger partial charge in [0.1, 0.15) is 11.3 Å². The number of rotatable bonds is 6. The molecule has 1 amide bonds. The molecule has 1 N–H and O–H groups in total. The van der Waals surface area contributed by atoms with Gasteiger partial charge in [0, 0.05) is 5.56 Å². The van der Waals surface area contributed by atoms with Crippen molar-refractivity contribution in [3.8, 4) is 22.8 Å². The molecule has 0 radical (unpaired) electrons. The summed E-state index contributed by atoms with van der Waals surface area (Å²) < 4.78 is 18.2. The summed E-state index contributed by atoms with van der Waals surface area (Å²) in [7, 11) is 1.58. The van der Waals surface area contributed by atoms with Gasteiger partial charge in [-0.25, -0.2) is 4.98 Å². The lowest BCUT2D eigenvalue weighted by molar-refractivity contribution is -0.122. The van der Waals surface area contributed by atoms with Crippen molar-refractivity contribution in [1.82, 2.24) is 4.98 Å². The van der Waals surface area contributed by atoms with E-state index >= 15 is 0 Å². The first-order chi connectivity index (χ1) is 16.9. The number of carbonyl (C=O) groups excluding carboxylic acids is 1. The van der Waals surface area contributed by atoms with Crippen molar-refractivity contribution in [2.45, 2.75) is 20.0 Å². The van der Waals surface area contributed by atoms with Crippen LogP contribution in [0.2, 0.25) is 0 Å². The number of ether oxygens (including phenoxy) is 2. The predicted octanol–water partition coefficient (Wildman–Crippen LogP) is 5.79. The third-order valence-corrected chi connectivity index (χ3v) is 6.48. The van der Waals surface area contributed by atoms with E-state index in [-0.39, 0.29) is 16.9 Å². The third kappa shape index (κ3) is 4.48. The van der Waals surface area contributed by atoms with Gasteiger partial charge in [-0.05, 0) is 67.9 Å². The molecular formula is C27H22N2O5S. The van der Waals surface area contributed by atoms with E-state index in [2.05, 4.69) is 10.3 Å². The SMILES string of the molecule is COc1ccc(-c2oc3ccccc3c(=O)c2OC(C)C(=O)Nc2nc3ccc(C)cc3s2)cc1. The number of benzene rings is 3. The molecule has 0 aliphatic carbocycles. The summed E-state index contributed by atoms with van der Waals surface area (Å²) in [4.78, 5) is 30.8. The number of nitrogens with one attached hydrogen (secondary N) is 1. The maximum absolute atomic E-state index is 13.4. The van der Waals surface area contributed by atoms with Gasteiger partial charge in [0.25, 0.3) is 5.91 Å². The number of fused-ring (bicyclic) bond motifs is 2. The molecule has 5 aromatic rings. The van der Waals surface area contributed by atoms with Crippen LogP contribution in [-0.2, 0) is 4.79 Å². The molecule has 35 heavy (non-hydrogen) atoms. The molecular weight excluding hydrogens is 464 g/mol. The Morgan fingerprint density at radius 1 is 1.09 bits per heavy atom. The van der Waals surface area contributed by atoms with E-state index in [0.29, 0.717) is 27.4 Å². The van der Waals surface area contributed by atoms with Crippen LogP contribution >= 0.6 is 11.3 Å². The number of methoxy groups -OCH3 is 1. The number of amides is 1. The fourth-order valence-electron chi connectivity index (χ4n) is 3.69. The topological polar surface area (TPSA) is 90.7 Å². The second kappa shape index (κ2) is 9.23. The van der Waals surface area contributed by atoms with E-state index in [1.165, 1.54) is 11.3 Å². The van der Waals surface area contributed by atoms with Crippen molar-refractivity contribution in [1.29, 1.82) is 0 Å². The van der Waals surface area contributed by atoms with Crippen LogP contribution in [-0.4, -0.2) is 24.1 Å². The highest BCUT2D eigenvalue weighted by Crippen LogP contribution is 2.33. The van der Waals surface area contributed by atoms with Crippen LogP contribution in [0.5, 0.6) is 11.5 Å². The van der Waals surface area contributed by atoms with Crippen molar-refractivity contribution < 1.29 is 18.7 Å². The zero-order chi connectivity index (χ0) is 24.5. The van der Waals surface area contributed by atoms with E-state index in [1.807, 2.05) is 25.1 Å². The first-order valence-electron chi connectivity index (χ1n) is 11.0. The highest BCUT2D eigenvalue weighted by molar-refractivity contribution is 7.22. The predicted molar refractivity (Wildman–Crippen MR) is 138 cm³/mol. The molecule has 5 rings (SSSR count). The molecule has 2 heterocycles. The lowest BCUT2D eigenvalue weighted by atomic mass is 10.1. The average Bonchev–Trinajstić information content (AvgIpc) is 3.26. The Bertz CT molecular complexity index is 1600. The molecule has 3 aromatic carbocycles. The normalized spacial score (nSPS) is 12.0. The molecule has 7 nitrogen and oxygen atoms in total. The number of carbonyl (C=O) groups is 1. The molecule has 2 aromatic heterocycles. The van der Waals surface area contributed by atoms with Crippen LogP contribution in [0.3, 0.4) is 0 Å². The van der Waals surface area contributed by atoms with Gasteiger partial charge in [0.2, 0.25) is 11.2 Å². The summed E-state index contributed by atoms with van der Waals surface area (Å²) in [6.45, 7) is 3.59. The summed E-state index contributed by atoms with van der Waals surface area (Å²) in [6, 6.07) is 19.9. The fraction of sp³-hybridized carbons (Fsp3) is 0.148. The molecule has 0 saturated carbocycles. The first kappa shape index (κ1) is 22.6. The minimum Gasteiger partial charge on any atom is -0.497 e. The molecule has 0 saturated heterocycles. The van der Waals surface area contributed by atoms with Crippen molar-refractivity contribution in [2.75, 3.05) is 12.4 Å². The van der Waals surface area contributed by atoms with Gasteiger partial charge in [0.15, 0.2) is 17.0 Å². The van der Waals surface area contributed by atoms with Crippen molar-refractivity contribution in [3.63, 3.8) is 0 Å². The Morgan fingerprint density at radius 2 is 1.86 bits per heavy atom. The molecule has 0 aliphatic rings. The standard InChI is InChI=1S/C27H22N2O5S/c1-15-8-13-20-22(14-15)35-27(28-20)29-26(31)16(2)33-25-23(30)19-6-4-5-7-21(19)34-24(25)17-9-11-18(32-3)12-10-17/h4-14,16H,1-3H3,(H,28,29,31). The quantitative estimate of drug-likeness (QED) is 0.327. The van der Waals surface area contributed by atoms with Gasteiger partial charge in [0.05, 0.1) is 22.7 Å². The third-order valence-electron chi connectivity index (χ3n) is 5.55. The minimum atomic E-state index is -0.982. The Kier molecular flexibility index (Phi) is 5.96. The highest BCUT2D eigenvalue weighted by atomic mass is 32.1. The van der Waals surface area contributed by atoms with Gasteiger partial charge in [-0.1, -0.05) is 29.5 Å². The zero-order valence-electron chi connectivity index (χ0n) is 19.3. The largest absolute Gasteiger partial charge is 0.497 e.